The Bertz CT molecular complexity index is 243. The molecule has 5 aliphatic rings. The normalized spacial score (nSPS) is 70.2. The van der Waals surface area contributed by atoms with Gasteiger partial charge in [-0.3, -0.25) is 0 Å². The SMILES string of the molecule is CCC1C2CC3CC4CCC2[N+]431. The van der Waals surface area contributed by atoms with E-state index in [1.807, 2.05) is 0 Å². The maximum absolute atomic E-state index is 2.41. The van der Waals surface area contributed by atoms with Gasteiger partial charge in [0.1, 0.15) is 0 Å². The Morgan fingerprint density at radius 1 is 1.17 bits per heavy atom. The van der Waals surface area contributed by atoms with Gasteiger partial charge >= 0.3 is 0 Å². The van der Waals surface area contributed by atoms with E-state index in [9.17, 15) is 0 Å². The van der Waals surface area contributed by atoms with E-state index in [1.54, 1.807) is 30.2 Å². The maximum atomic E-state index is 2.41. The molecule has 0 N–H and O–H groups in total. The van der Waals surface area contributed by atoms with Gasteiger partial charge in [0.2, 0.25) is 0 Å². The Balaban J connectivity index is 1.83. The first-order valence-electron chi connectivity index (χ1n) is 5.76. The first-order valence-corrected chi connectivity index (χ1v) is 5.76. The molecule has 1 nitrogen and oxygen atoms in total. The lowest BCUT2D eigenvalue weighted by molar-refractivity contribution is -1.06. The Morgan fingerprint density at radius 2 is 2.08 bits per heavy atom. The Morgan fingerprint density at radius 3 is 2.92 bits per heavy atom. The van der Waals surface area contributed by atoms with E-state index in [4.69, 9.17) is 0 Å². The molecule has 5 aliphatic heterocycles. The molecule has 0 aromatic carbocycles. The zero-order chi connectivity index (χ0) is 7.92. The van der Waals surface area contributed by atoms with Crippen molar-refractivity contribution < 1.29 is 4.48 Å². The zero-order valence-electron chi connectivity index (χ0n) is 7.87. The van der Waals surface area contributed by atoms with Crippen molar-refractivity contribution in [1.29, 1.82) is 0 Å². The highest BCUT2D eigenvalue weighted by atomic mass is 15.6. The van der Waals surface area contributed by atoms with Crippen LogP contribution in [0.15, 0.2) is 0 Å². The summed E-state index contributed by atoms with van der Waals surface area (Å²) in [6, 6.07) is 4.58. The minimum Gasteiger partial charge on any atom is -0.313 e. The Kier molecular flexibility index (Phi) is 0.863. The van der Waals surface area contributed by atoms with E-state index in [0.29, 0.717) is 0 Å². The molecule has 5 heterocycles. The smallest absolute Gasteiger partial charge is 0.0987 e. The van der Waals surface area contributed by atoms with Crippen molar-refractivity contribution in [2.75, 3.05) is 0 Å². The topological polar surface area (TPSA) is 0 Å². The maximum Gasteiger partial charge on any atom is 0.0987 e. The molecule has 0 radical (unpaired) electrons. The van der Waals surface area contributed by atoms with Crippen molar-refractivity contribution in [3.63, 3.8) is 0 Å². The number of hydrogen-bond acceptors (Lipinski definition) is 0. The van der Waals surface area contributed by atoms with Crippen LogP contribution in [0.1, 0.15) is 39.0 Å². The number of nitrogens with zero attached hydrogens (tertiary/aromatic N) is 1. The number of rotatable bonds is 1. The molecule has 6 atom stereocenters. The molecule has 0 amide bonds. The van der Waals surface area contributed by atoms with E-state index in [-0.39, 0.29) is 0 Å². The molecule has 0 aromatic heterocycles. The van der Waals surface area contributed by atoms with Gasteiger partial charge in [-0.1, -0.05) is 6.92 Å². The van der Waals surface area contributed by atoms with E-state index < -0.39 is 0 Å². The van der Waals surface area contributed by atoms with Crippen LogP contribution in [0.3, 0.4) is 0 Å². The van der Waals surface area contributed by atoms with Gasteiger partial charge in [-0.2, -0.15) is 0 Å². The molecule has 5 rings (SSSR count). The number of quaternary nitrogens is 1. The molecular formula is C11H18N+. The highest BCUT2D eigenvalue weighted by Gasteiger charge is 2.81. The average molecular weight is 164 g/mol. The van der Waals surface area contributed by atoms with Crippen LogP contribution in [0.4, 0.5) is 0 Å². The van der Waals surface area contributed by atoms with Gasteiger partial charge in [0.15, 0.2) is 0 Å². The lowest BCUT2D eigenvalue weighted by Crippen LogP contribution is -2.78. The van der Waals surface area contributed by atoms with E-state index >= 15 is 0 Å². The number of hydrogen-bond donors (Lipinski definition) is 0. The minimum absolute atomic E-state index is 1.13. The summed E-state index contributed by atoms with van der Waals surface area (Å²) in [4.78, 5) is 0. The predicted molar refractivity (Wildman–Crippen MR) is 47.7 cm³/mol. The lowest BCUT2D eigenvalue weighted by Gasteiger charge is -2.63. The highest BCUT2D eigenvalue weighted by Crippen LogP contribution is 2.69. The quantitative estimate of drug-likeness (QED) is 0.519. The van der Waals surface area contributed by atoms with Crippen molar-refractivity contribution in [1.82, 2.24) is 0 Å². The molecular weight excluding hydrogens is 146 g/mol. The molecule has 0 saturated carbocycles. The standard InChI is InChI=1S/C11H18N/c1-2-10-9-6-8-5-7-3-4-11(9)12(7,8)10/h7-11H,2-6H2,1H3/q+1. The van der Waals surface area contributed by atoms with Crippen molar-refractivity contribution in [2.45, 2.75) is 63.2 Å². The monoisotopic (exact) mass is 164 g/mol. The molecule has 0 aromatic rings. The van der Waals surface area contributed by atoms with Crippen LogP contribution in [0, 0.1) is 5.92 Å². The highest BCUT2D eigenvalue weighted by molar-refractivity contribution is 5.10. The van der Waals surface area contributed by atoms with Crippen LogP contribution in [0.5, 0.6) is 0 Å². The molecule has 5 saturated heterocycles. The third kappa shape index (κ3) is 0.363. The summed E-state index contributed by atoms with van der Waals surface area (Å²) in [7, 11) is 0. The summed E-state index contributed by atoms with van der Waals surface area (Å²) in [6.07, 6.45) is 7.84. The van der Waals surface area contributed by atoms with E-state index in [2.05, 4.69) is 6.92 Å². The summed E-state index contributed by atoms with van der Waals surface area (Å²) >= 11 is 0. The third-order valence-electron chi connectivity index (χ3n) is 5.70. The second kappa shape index (κ2) is 1.61. The lowest BCUT2D eigenvalue weighted by atomic mass is 9.80. The van der Waals surface area contributed by atoms with Crippen LogP contribution in [0.25, 0.3) is 0 Å². The molecule has 2 bridgehead atoms. The van der Waals surface area contributed by atoms with Gasteiger partial charge in [-0.05, 0) is 6.42 Å². The van der Waals surface area contributed by atoms with E-state index in [1.165, 1.54) is 18.4 Å². The van der Waals surface area contributed by atoms with Crippen LogP contribution >= 0.6 is 0 Å². The molecule has 6 unspecified atom stereocenters. The van der Waals surface area contributed by atoms with Crippen LogP contribution < -0.4 is 0 Å². The molecule has 5 fully saturated rings. The fraction of sp³-hybridized carbons (Fsp3) is 1.00. The largest absolute Gasteiger partial charge is 0.313 e. The second-order valence-corrected chi connectivity index (χ2v) is 5.46. The first kappa shape index (κ1) is 6.42. The second-order valence-electron chi connectivity index (χ2n) is 5.46. The Labute approximate surface area is 74.3 Å². The molecule has 1 heteroatoms. The zero-order valence-corrected chi connectivity index (χ0v) is 7.87. The van der Waals surface area contributed by atoms with Gasteiger partial charge in [0, 0.05) is 19.3 Å². The predicted octanol–water partition coefficient (Wildman–Crippen LogP) is 1.92. The molecule has 66 valence electrons. The van der Waals surface area contributed by atoms with Gasteiger partial charge in [0.05, 0.1) is 36.5 Å². The van der Waals surface area contributed by atoms with E-state index in [0.717, 1.165) is 18.1 Å². The minimum atomic E-state index is 1.13. The molecule has 1 spiro atoms. The Hall–Kier alpha value is -0.0400. The first-order chi connectivity index (χ1) is 5.89. The molecule has 12 heavy (non-hydrogen) atoms. The fourth-order valence-corrected chi connectivity index (χ4v) is 5.66. The molecule has 0 aliphatic carbocycles. The van der Waals surface area contributed by atoms with Crippen LogP contribution in [-0.4, -0.2) is 28.7 Å². The van der Waals surface area contributed by atoms with Crippen LogP contribution in [0.2, 0.25) is 0 Å². The van der Waals surface area contributed by atoms with Crippen molar-refractivity contribution in [3.05, 3.63) is 0 Å². The summed E-state index contributed by atoms with van der Waals surface area (Å²) < 4.78 is 1.65. The fourth-order valence-electron chi connectivity index (χ4n) is 5.66. The summed E-state index contributed by atoms with van der Waals surface area (Å²) in [6.45, 7) is 2.41. The third-order valence-corrected chi connectivity index (χ3v) is 5.70. The summed E-state index contributed by atoms with van der Waals surface area (Å²) in [5, 5.41) is 0. The van der Waals surface area contributed by atoms with Crippen molar-refractivity contribution in [2.24, 2.45) is 5.92 Å². The van der Waals surface area contributed by atoms with Gasteiger partial charge in [0.25, 0.3) is 0 Å². The van der Waals surface area contributed by atoms with Gasteiger partial charge in [-0.25, -0.2) is 0 Å². The van der Waals surface area contributed by atoms with Crippen LogP contribution in [-0.2, 0) is 0 Å². The summed E-state index contributed by atoms with van der Waals surface area (Å²) in [5.41, 5.74) is 0. The van der Waals surface area contributed by atoms with Crippen molar-refractivity contribution >= 4 is 0 Å². The summed E-state index contributed by atoms with van der Waals surface area (Å²) in [5.74, 6) is 1.17. The van der Waals surface area contributed by atoms with Gasteiger partial charge < -0.3 is 4.48 Å². The van der Waals surface area contributed by atoms with Gasteiger partial charge in [-0.15, -0.1) is 0 Å². The average Bonchev–Trinajstić information content (AvgIpc) is 2.47. The van der Waals surface area contributed by atoms with Crippen molar-refractivity contribution in [3.8, 4) is 0 Å².